The molecule has 0 aliphatic carbocycles. The highest BCUT2D eigenvalue weighted by molar-refractivity contribution is 7.86. The van der Waals surface area contributed by atoms with Crippen LogP contribution < -0.4 is 5.32 Å². The molecule has 20 heavy (non-hydrogen) atoms. The molecule has 1 N–H and O–H groups in total. The minimum atomic E-state index is -3.18. The maximum atomic E-state index is 12.5. The lowest BCUT2D eigenvalue weighted by Crippen LogP contribution is -2.49. The Morgan fingerprint density at radius 1 is 1.00 bits per heavy atom. The van der Waals surface area contributed by atoms with Crippen LogP contribution in [0.15, 0.2) is 0 Å². The fourth-order valence-electron chi connectivity index (χ4n) is 2.95. The predicted molar refractivity (Wildman–Crippen MR) is 84.4 cm³/mol. The van der Waals surface area contributed by atoms with Crippen LogP contribution in [0.1, 0.15) is 39.0 Å². The van der Waals surface area contributed by atoms with Gasteiger partial charge in [-0.05, 0) is 44.7 Å². The van der Waals surface area contributed by atoms with Gasteiger partial charge in [0.1, 0.15) is 0 Å². The molecule has 120 valence electrons. The molecular weight excluding hydrogens is 298 g/mol. The van der Waals surface area contributed by atoms with Gasteiger partial charge in [-0.15, -0.1) is 12.4 Å². The van der Waals surface area contributed by atoms with Gasteiger partial charge in [0, 0.05) is 26.2 Å². The van der Waals surface area contributed by atoms with E-state index in [2.05, 4.69) is 12.2 Å². The molecule has 2 heterocycles. The lowest BCUT2D eigenvalue weighted by Gasteiger charge is -2.36. The molecule has 2 aliphatic rings. The van der Waals surface area contributed by atoms with E-state index in [9.17, 15) is 8.42 Å². The van der Waals surface area contributed by atoms with Gasteiger partial charge in [0.2, 0.25) is 0 Å². The van der Waals surface area contributed by atoms with Crippen LogP contribution in [0.3, 0.4) is 0 Å². The molecule has 0 atom stereocenters. The average molecular weight is 326 g/mol. The summed E-state index contributed by atoms with van der Waals surface area (Å²) in [6.07, 6.45) is 5.16. The Hall–Kier alpha value is 0.120. The first-order valence-corrected chi connectivity index (χ1v) is 9.00. The molecule has 0 unspecified atom stereocenters. The summed E-state index contributed by atoms with van der Waals surface area (Å²) in [5, 5.41) is 3.36. The number of nitrogens with one attached hydrogen (secondary N) is 1. The zero-order valence-corrected chi connectivity index (χ0v) is 14.0. The number of hydrogen-bond acceptors (Lipinski definition) is 3. The van der Waals surface area contributed by atoms with Crippen molar-refractivity contribution >= 4 is 22.6 Å². The van der Waals surface area contributed by atoms with Gasteiger partial charge in [0.05, 0.1) is 0 Å². The molecule has 0 aromatic rings. The van der Waals surface area contributed by atoms with E-state index in [1.54, 1.807) is 8.61 Å². The van der Waals surface area contributed by atoms with E-state index in [0.717, 1.165) is 45.2 Å². The van der Waals surface area contributed by atoms with Crippen LogP contribution in [0.4, 0.5) is 0 Å². The lowest BCUT2D eigenvalue weighted by molar-refractivity contribution is 0.242. The summed E-state index contributed by atoms with van der Waals surface area (Å²) in [6, 6.07) is 0. The van der Waals surface area contributed by atoms with Gasteiger partial charge < -0.3 is 5.32 Å². The third-order valence-corrected chi connectivity index (χ3v) is 6.26. The van der Waals surface area contributed by atoms with Crippen LogP contribution in [0.25, 0.3) is 0 Å². The number of rotatable bonds is 5. The van der Waals surface area contributed by atoms with Crippen LogP contribution in [0.2, 0.25) is 0 Å². The number of nitrogens with zero attached hydrogens (tertiary/aromatic N) is 2. The Labute approximate surface area is 129 Å². The molecule has 2 fully saturated rings. The molecule has 0 saturated carbocycles. The van der Waals surface area contributed by atoms with Crippen LogP contribution in [0.5, 0.6) is 0 Å². The number of halogens is 1. The van der Waals surface area contributed by atoms with Crippen molar-refractivity contribution in [1.29, 1.82) is 0 Å². The normalized spacial score (nSPS) is 23.4. The molecule has 0 aromatic heterocycles. The predicted octanol–water partition coefficient (Wildman–Crippen LogP) is 1.46. The molecule has 0 spiro atoms. The Morgan fingerprint density at radius 2 is 1.55 bits per heavy atom. The largest absolute Gasteiger partial charge is 0.317 e. The second-order valence-electron chi connectivity index (χ2n) is 5.62. The Morgan fingerprint density at radius 3 is 2.10 bits per heavy atom. The summed E-state index contributed by atoms with van der Waals surface area (Å²) < 4.78 is 28.4. The van der Waals surface area contributed by atoms with Crippen molar-refractivity contribution < 1.29 is 8.42 Å². The number of hydrogen-bond donors (Lipinski definition) is 1. The minimum Gasteiger partial charge on any atom is -0.317 e. The molecule has 2 saturated heterocycles. The lowest BCUT2D eigenvalue weighted by atomic mass is 9.98. The average Bonchev–Trinajstić information content (AvgIpc) is 2.46. The van der Waals surface area contributed by atoms with Gasteiger partial charge in [-0.1, -0.05) is 13.3 Å². The molecule has 2 rings (SSSR count). The van der Waals surface area contributed by atoms with E-state index in [1.165, 1.54) is 0 Å². The second-order valence-corrected chi connectivity index (χ2v) is 7.55. The quantitative estimate of drug-likeness (QED) is 0.832. The SMILES string of the molecule is CCNCC1CCN(S(=O)(=O)N2CCCCC2)CC1.Cl. The Balaban J connectivity index is 0.00000200. The summed E-state index contributed by atoms with van der Waals surface area (Å²) in [5.41, 5.74) is 0. The van der Waals surface area contributed by atoms with Crippen molar-refractivity contribution in [1.82, 2.24) is 13.9 Å². The van der Waals surface area contributed by atoms with Gasteiger partial charge in [-0.3, -0.25) is 0 Å². The topological polar surface area (TPSA) is 52.7 Å². The first-order valence-electron chi connectivity index (χ1n) is 7.60. The zero-order valence-electron chi connectivity index (χ0n) is 12.4. The van der Waals surface area contributed by atoms with Crippen LogP contribution >= 0.6 is 12.4 Å². The third kappa shape index (κ3) is 4.56. The van der Waals surface area contributed by atoms with Crippen LogP contribution in [0, 0.1) is 5.92 Å². The maximum Gasteiger partial charge on any atom is 0.281 e. The monoisotopic (exact) mass is 325 g/mol. The molecule has 0 amide bonds. The summed E-state index contributed by atoms with van der Waals surface area (Å²) in [6.45, 7) is 6.92. The van der Waals surface area contributed by atoms with Crippen molar-refractivity contribution in [2.24, 2.45) is 5.92 Å². The molecule has 0 radical (unpaired) electrons. The minimum absolute atomic E-state index is 0. The maximum absolute atomic E-state index is 12.5. The van der Waals surface area contributed by atoms with Crippen LogP contribution in [-0.4, -0.2) is 56.3 Å². The molecule has 5 nitrogen and oxygen atoms in total. The van der Waals surface area contributed by atoms with Crippen LogP contribution in [-0.2, 0) is 10.2 Å². The summed E-state index contributed by atoms with van der Waals surface area (Å²) >= 11 is 0. The molecular formula is C13H28ClN3O2S. The van der Waals surface area contributed by atoms with Gasteiger partial charge in [0.25, 0.3) is 10.2 Å². The van der Waals surface area contributed by atoms with Gasteiger partial charge >= 0.3 is 0 Å². The molecule has 2 aliphatic heterocycles. The molecule has 0 aromatic carbocycles. The summed E-state index contributed by atoms with van der Waals surface area (Å²) in [4.78, 5) is 0. The third-order valence-electron chi connectivity index (χ3n) is 4.22. The smallest absolute Gasteiger partial charge is 0.281 e. The van der Waals surface area contributed by atoms with E-state index in [4.69, 9.17) is 0 Å². The summed E-state index contributed by atoms with van der Waals surface area (Å²) in [7, 11) is -3.18. The van der Waals surface area contributed by atoms with E-state index in [-0.39, 0.29) is 12.4 Å². The Kier molecular flexibility index (Phi) is 7.75. The highest BCUT2D eigenvalue weighted by atomic mass is 35.5. The van der Waals surface area contributed by atoms with E-state index < -0.39 is 10.2 Å². The zero-order chi connectivity index (χ0) is 13.7. The second kappa shape index (κ2) is 8.54. The van der Waals surface area contributed by atoms with Gasteiger partial charge in [-0.25, -0.2) is 0 Å². The fourth-order valence-corrected chi connectivity index (χ4v) is 4.67. The number of piperidine rings is 2. The van der Waals surface area contributed by atoms with Crippen molar-refractivity contribution in [2.75, 3.05) is 39.3 Å². The van der Waals surface area contributed by atoms with E-state index in [1.807, 2.05) is 0 Å². The first kappa shape index (κ1) is 18.2. The highest BCUT2D eigenvalue weighted by Crippen LogP contribution is 2.23. The molecule has 7 heteroatoms. The fraction of sp³-hybridized carbons (Fsp3) is 1.00. The van der Waals surface area contributed by atoms with Crippen molar-refractivity contribution in [3.8, 4) is 0 Å². The Bertz CT molecular complexity index is 364. The van der Waals surface area contributed by atoms with Gasteiger partial charge in [0.15, 0.2) is 0 Å². The molecule has 0 bridgehead atoms. The van der Waals surface area contributed by atoms with E-state index in [0.29, 0.717) is 32.1 Å². The standard InChI is InChI=1S/C13H27N3O2S.ClH/c1-2-14-12-13-6-10-16(11-7-13)19(17,18)15-8-4-3-5-9-15;/h13-14H,2-12H2,1H3;1H. The summed E-state index contributed by atoms with van der Waals surface area (Å²) in [5.74, 6) is 0.632. The van der Waals surface area contributed by atoms with Crippen molar-refractivity contribution in [3.63, 3.8) is 0 Å². The first-order chi connectivity index (χ1) is 9.14. The van der Waals surface area contributed by atoms with Crippen molar-refractivity contribution in [3.05, 3.63) is 0 Å². The van der Waals surface area contributed by atoms with Crippen molar-refractivity contribution in [2.45, 2.75) is 39.0 Å². The van der Waals surface area contributed by atoms with Gasteiger partial charge in [-0.2, -0.15) is 17.0 Å². The van der Waals surface area contributed by atoms with E-state index >= 15 is 0 Å². The highest BCUT2D eigenvalue weighted by Gasteiger charge is 2.33.